The summed E-state index contributed by atoms with van der Waals surface area (Å²) < 4.78 is 1.55. The Morgan fingerprint density at radius 1 is 1.43 bits per heavy atom. The Morgan fingerprint density at radius 2 is 2.14 bits per heavy atom. The number of hydrogen-bond donors (Lipinski definition) is 1. The van der Waals surface area contributed by atoms with E-state index in [1.54, 1.807) is 0 Å². The molecule has 1 saturated heterocycles. The average Bonchev–Trinajstić information content (AvgIpc) is 2.68. The van der Waals surface area contributed by atoms with E-state index in [1.807, 2.05) is 30.3 Å². The molecular formula is C14H12INO3S2. The molecule has 21 heavy (non-hydrogen) atoms. The van der Waals surface area contributed by atoms with Crippen LogP contribution in [0.1, 0.15) is 18.4 Å². The van der Waals surface area contributed by atoms with Crippen molar-refractivity contribution >= 4 is 68.8 Å². The molecule has 110 valence electrons. The fourth-order valence-electron chi connectivity index (χ4n) is 1.81. The molecule has 7 heteroatoms. The maximum atomic E-state index is 12.3. The molecule has 1 aliphatic rings. The number of thioether (sulfide) groups is 1. The Balaban J connectivity index is 2.11. The molecule has 1 fully saturated rings. The van der Waals surface area contributed by atoms with Crippen molar-refractivity contribution < 1.29 is 14.7 Å². The van der Waals surface area contributed by atoms with Crippen LogP contribution in [0.5, 0.6) is 0 Å². The molecule has 1 aliphatic heterocycles. The topological polar surface area (TPSA) is 57.6 Å². The van der Waals surface area contributed by atoms with Gasteiger partial charge in [0, 0.05) is 16.5 Å². The predicted molar refractivity (Wildman–Crippen MR) is 95.9 cm³/mol. The number of halogens is 1. The molecule has 0 saturated carbocycles. The number of carboxylic acid groups (broad SMARTS) is 1. The van der Waals surface area contributed by atoms with E-state index in [1.165, 1.54) is 16.7 Å². The lowest BCUT2D eigenvalue weighted by Crippen LogP contribution is -2.29. The highest BCUT2D eigenvalue weighted by Gasteiger charge is 2.31. The summed E-state index contributed by atoms with van der Waals surface area (Å²) in [5.74, 6) is -1.01. The van der Waals surface area contributed by atoms with Crippen LogP contribution in [0.4, 0.5) is 0 Å². The highest BCUT2D eigenvalue weighted by Crippen LogP contribution is 2.33. The lowest BCUT2D eigenvalue weighted by Gasteiger charge is -2.13. The minimum absolute atomic E-state index is 0.0344. The summed E-state index contributed by atoms with van der Waals surface area (Å²) in [5, 5.41) is 8.64. The minimum Gasteiger partial charge on any atom is -0.481 e. The Bertz CT molecular complexity index is 630. The second-order valence-electron chi connectivity index (χ2n) is 4.35. The smallest absolute Gasteiger partial charge is 0.303 e. The second kappa shape index (κ2) is 7.37. The fourth-order valence-corrected chi connectivity index (χ4v) is 3.66. The number of thiocarbonyl (C=S) groups is 1. The van der Waals surface area contributed by atoms with Crippen LogP contribution in [0, 0.1) is 3.57 Å². The summed E-state index contributed by atoms with van der Waals surface area (Å²) in [4.78, 5) is 24.9. The number of benzene rings is 1. The third-order valence-corrected chi connectivity index (χ3v) is 5.20. The van der Waals surface area contributed by atoms with Gasteiger partial charge in [-0.3, -0.25) is 14.5 Å². The molecule has 2 rings (SSSR count). The average molecular weight is 433 g/mol. The molecular weight excluding hydrogens is 421 g/mol. The van der Waals surface area contributed by atoms with Crippen molar-refractivity contribution in [2.24, 2.45) is 0 Å². The van der Waals surface area contributed by atoms with E-state index >= 15 is 0 Å². The molecule has 0 radical (unpaired) electrons. The highest BCUT2D eigenvalue weighted by molar-refractivity contribution is 14.1. The van der Waals surface area contributed by atoms with Gasteiger partial charge in [-0.1, -0.05) is 42.2 Å². The van der Waals surface area contributed by atoms with Gasteiger partial charge in [0.25, 0.3) is 5.91 Å². The summed E-state index contributed by atoms with van der Waals surface area (Å²) in [6, 6.07) is 7.77. The molecule has 0 aromatic heterocycles. The summed E-state index contributed by atoms with van der Waals surface area (Å²) in [5.41, 5.74) is 0.976. The van der Waals surface area contributed by atoms with Gasteiger partial charge < -0.3 is 5.11 Å². The van der Waals surface area contributed by atoms with Gasteiger partial charge in [0.1, 0.15) is 4.32 Å². The molecule has 4 nitrogen and oxygen atoms in total. The first kappa shape index (κ1) is 16.4. The van der Waals surface area contributed by atoms with Crippen LogP contribution in [0.3, 0.4) is 0 Å². The fraction of sp³-hybridized carbons (Fsp3) is 0.214. The molecule has 1 heterocycles. The Labute approximate surface area is 145 Å². The van der Waals surface area contributed by atoms with Crippen LogP contribution < -0.4 is 0 Å². The van der Waals surface area contributed by atoms with Crippen LogP contribution in [-0.2, 0) is 9.59 Å². The summed E-state index contributed by atoms with van der Waals surface area (Å²) >= 11 is 8.68. The highest BCUT2D eigenvalue weighted by atomic mass is 127. The van der Waals surface area contributed by atoms with Crippen LogP contribution in [-0.4, -0.2) is 32.7 Å². The summed E-state index contributed by atoms with van der Waals surface area (Å²) in [6.45, 7) is 0.347. The normalized spacial score (nSPS) is 16.8. The molecule has 1 amide bonds. The summed E-state index contributed by atoms with van der Waals surface area (Å²) in [7, 11) is 0. The first-order chi connectivity index (χ1) is 9.99. The monoisotopic (exact) mass is 433 g/mol. The number of aliphatic carboxylic acids is 1. The zero-order chi connectivity index (χ0) is 15.4. The summed E-state index contributed by atoms with van der Waals surface area (Å²) in [6.07, 6.45) is 2.27. The van der Waals surface area contributed by atoms with E-state index in [9.17, 15) is 9.59 Å². The quantitative estimate of drug-likeness (QED) is 0.439. The van der Waals surface area contributed by atoms with E-state index in [2.05, 4.69) is 22.6 Å². The van der Waals surface area contributed by atoms with Crippen molar-refractivity contribution in [3.63, 3.8) is 0 Å². The van der Waals surface area contributed by atoms with Crippen molar-refractivity contribution in [3.8, 4) is 0 Å². The number of carbonyl (C=O) groups is 2. The molecule has 0 atom stereocenters. The largest absolute Gasteiger partial charge is 0.481 e. The molecule has 0 aliphatic carbocycles. The lowest BCUT2D eigenvalue weighted by molar-refractivity contribution is -0.137. The van der Waals surface area contributed by atoms with Gasteiger partial charge in [-0.25, -0.2) is 0 Å². The van der Waals surface area contributed by atoms with Crippen molar-refractivity contribution in [2.75, 3.05) is 6.54 Å². The van der Waals surface area contributed by atoms with E-state index in [4.69, 9.17) is 17.3 Å². The lowest BCUT2D eigenvalue weighted by atomic mass is 10.2. The van der Waals surface area contributed by atoms with E-state index in [-0.39, 0.29) is 12.3 Å². The van der Waals surface area contributed by atoms with Crippen molar-refractivity contribution in [1.82, 2.24) is 4.90 Å². The van der Waals surface area contributed by atoms with Gasteiger partial charge >= 0.3 is 5.97 Å². The second-order valence-corrected chi connectivity index (χ2v) is 7.19. The molecule has 1 aromatic carbocycles. The number of hydrogen-bond acceptors (Lipinski definition) is 4. The van der Waals surface area contributed by atoms with Crippen LogP contribution in [0.2, 0.25) is 0 Å². The molecule has 1 aromatic rings. The molecule has 0 spiro atoms. The van der Waals surface area contributed by atoms with Crippen LogP contribution >= 0.6 is 46.6 Å². The third-order valence-electron chi connectivity index (χ3n) is 2.84. The van der Waals surface area contributed by atoms with Gasteiger partial charge in [-0.2, -0.15) is 0 Å². The third kappa shape index (κ3) is 4.27. The van der Waals surface area contributed by atoms with Gasteiger partial charge in [0.05, 0.1) is 4.91 Å². The first-order valence-corrected chi connectivity index (χ1v) is 8.51. The van der Waals surface area contributed by atoms with Crippen molar-refractivity contribution in [2.45, 2.75) is 12.8 Å². The van der Waals surface area contributed by atoms with Gasteiger partial charge in [-0.15, -0.1) is 0 Å². The van der Waals surface area contributed by atoms with Crippen molar-refractivity contribution in [1.29, 1.82) is 0 Å². The molecule has 0 unspecified atom stereocenters. The maximum absolute atomic E-state index is 12.3. The minimum atomic E-state index is -0.866. The molecule has 0 bridgehead atoms. The SMILES string of the molecule is O=C(O)CCCN1C(=O)/C(=C/c2ccccc2I)SC1=S. The number of carboxylic acids is 1. The Morgan fingerprint density at radius 3 is 2.81 bits per heavy atom. The van der Waals surface area contributed by atoms with E-state index in [0.717, 1.165) is 9.13 Å². The van der Waals surface area contributed by atoms with E-state index in [0.29, 0.717) is 22.2 Å². The van der Waals surface area contributed by atoms with Gasteiger partial charge in [0.15, 0.2) is 0 Å². The zero-order valence-electron chi connectivity index (χ0n) is 10.9. The number of rotatable bonds is 5. The van der Waals surface area contributed by atoms with Crippen molar-refractivity contribution in [3.05, 3.63) is 38.3 Å². The van der Waals surface area contributed by atoms with Crippen LogP contribution in [0.15, 0.2) is 29.2 Å². The van der Waals surface area contributed by atoms with E-state index < -0.39 is 5.97 Å². The Kier molecular flexibility index (Phi) is 5.77. The number of nitrogens with zero attached hydrogens (tertiary/aromatic N) is 1. The van der Waals surface area contributed by atoms with Gasteiger partial charge in [0.2, 0.25) is 0 Å². The number of amides is 1. The standard InChI is InChI=1S/C14H12INO3S2/c15-10-5-2-1-4-9(10)8-11-13(19)16(14(20)21-11)7-3-6-12(17)18/h1-2,4-5,8H,3,6-7H2,(H,17,18)/b11-8-. The Hall–Kier alpha value is -0.930. The number of carbonyl (C=O) groups excluding carboxylic acids is 1. The van der Waals surface area contributed by atoms with Crippen LogP contribution in [0.25, 0.3) is 6.08 Å². The predicted octanol–water partition coefficient (Wildman–Crippen LogP) is 3.36. The van der Waals surface area contributed by atoms with Gasteiger partial charge in [-0.05, 0) is 46.7 Å². The molecule has 1 N–H and O–H groups in total. The first-order valence-electron chi connectivity index (χ1n) is 6.20. The maximum Gasteiger partial charge on any atom is 0.303 e. The zero-order valence-corrected chi connectivity index (χ0v) is 14.7.